The third-order valence-electron chi connectivity index (χ3n) is 9.09. The van der Waals surface area contributed by atoms with E-state index in [2.05, 4.69) is 16.6 Å². The van der Waals surface area contributed by atoms with E-state index >= 15 is 0 Å². The van der Waals surface area contributed by atoms with E-state index in [4.69, 9.17) is 5.73 Å². The predicted octanol–water partition coefficient (Wildman–Crippen LogP) is 0.825. The van der Waals surface area contributed by atoms with E-state index in [1.54, 1.807) is 51.3 Å². The van der Waals surface area contributed by atoms with Crippen LogP contribution in [-0.4, -0.2) is 97.6 Å². The zero-order chi connectivity index (χ0) is 34.7. The van der Waals surface area contributed by atoms with Gasteiger partial charge in [0.25, 0.3) is 5.91 Å². The van der Waals surface area contributed by atoms with Crippen LogP contribution < -0.4 is 15.4 Å². The van der Waals surface area contributed by atoms with Gasteiger partial charge in [-0.1, -0.05) is 29.5 Å². The van der Waals surface area contributed by atoms with Gasteiger partial charge in [0.1, 0.15) is 22.8 Å². The van der Waals surface area contributed by atoms with Gasteiger partial charge in [-0.05, 0) is 63.5 Å². The minimum absolute atomic E-state index is 0.00607. The molecule has 0 heterocycles. The molecule has 0 fully saturated rings. The topological polar surface area (TPSA) is 211 Å². The first-order valence-corrected chi connectivity index (χ1v) is 16.2. The van der Waals surface area contributed by atoms with Crippen molar-refractivity contribution in [3.8, 4) is 17.6 Å². The summed E-state index contributed by atoms with van der Waals surface area (Å²) in [5, 5.41) is 45.6. The molecule has 0 bridgehead atoms. The number of nitrogens with two attached hydrogens (primary N) is 1. The molecule has 2 aromatic carbocycles. The van der Waals surface area contributed by atoms with E-state index in [1.165, 1.54) is 17.0 Å². The molecule has 47 heavy (non-hydrogen) atoms. The standard InChI is InChI=1S/C33H36N4O9S/c1-16-8-10-19(11-9-16)47(45,46)35-12-6-7-17-15-22(36(2)3)20-13-18-14-21-26(37(4)5)29(40)25(32(34)43)31(42)33(21,44)30(41)23(18)28(39)24(20)27(17)38/h8-11,15,18,21,26,35,38,40-41,44H,12-14H2,1-5H3,(H2,34,43). The van der Waals surface area contributed by atoms with Gasteiger partial charge >= 0.3 is 0 Å². The van der Waals surface area contributed by atoms with Gasteiger partial charge in [0.2, 0.25) is 15.8 Å². The van der Waals surface area contributed by atoms with Crippen LogP contribution in [0, 0.1) is 30.6 Å². The molecular formula is C33H36N4O9S. The number of phenolic OH excluding ortho intramolecular Hbond substituents is 1. The molecule has 5 rings (SSSR count). The van der Waals surface area contributed by atoms with Gasteiger partial charge in [0.15, 0.2) is 11.4 Å². The molecule has 0 radical (unpaired) electrons. The number of primary amides is 1. The van der Waals surface area contributed by atoms with Crippen LogP contribution >= 0.6 is 0 Å². The van der Waals surface area contributed by atoms with Crippen LogP contribution in [0.2, 0.25) is 0 Å². The normalized spacial score (nSPS) is 23.9. The molecule has 0 spiro atoms. The maximum atomic E-state index is 14.1. The van der Waals surface area contributed by atoms with Crippen molar-refractivity contribution in [1.29, 1.82) is 0 Å². The second kappa shape index (κ2) is 11.8. The highest BCUT2D eigenvalue weighted by molar-refractivity contribution is 7.89. The van der Waals surface area contributed by atoms with Crippen LogP contribution in [0.25, 0.3) is 0 Å². The van der Waals surface area contributed by atoms with Crippen molar-refractivity contribution in [2.75, 3.05) is 39.6 Å². The number of hydrogen-bond acceptors (Lipinski definition) is 11. The number of allylic oxidation sites excluding steroid dienone is 1. The molecule has 0 saturated heterocycles. The number of phenols is 1. The Bertz CT molecular complexity index is 1950. The SMILES string of the molecule is Cc1ccc(S(=O)(=O)NCC#Cc2cc(N(C)C)c3c(c2O)C(=O)C2=C(O)C4(O)C(=O)C(C(N)=O)=C(O)C(N(C)C)C4CC2C3)cc1. The molecular weight excluding hydrogens is 628 g/mol. The zero-order valence-electron chi connectivity index (χ0n) is 26.5. The highest BCUT2D eigenvalue weighted by Gasteiger charge is 2.63. The van der Waals surface area contributed by atoms with E-state index in [1.807, 2.05) is 6.92 Å². The second-order valence-electron chi connectivity index (χ2n) is 12.4. The first kappa shape index (κ1) is 33.7. The van der Waals surface area contributed by atoms with Gasteiger partial charge in [-0.25, -0.2) is 8.42 Å². The first-order chi connectivity index (χ1) is 21.9. The molecule has 13 nitrogen and oxygen atoms in total. The zero-order valence-corrected chi connectivity index (χ0v) is 27.3. The summed E-state index contributed by atoms with van der Waals surface area (Å²) in [4.78, 5) is 43.1. The third-order valence-corrected chi connectivity index (χ3v) is 10.5. The number of likely N-dealkylation sites (N-methyl/N-ethyl adjacent to an activating group) is 1. The molecule has 3 aliphatic carbocycles. The molecule has 0 saturated carbocycles. The number of fused-ring (bicyclic) bond motifs is 3. The average molecular weight is 665 g/mol. The molecule has 7 N–H and O–H groups in total. The number of anilines is 1. The summed E-state index contributed by atoms with van der Waals surface area (Å²) in [6.07, 6.45) is 0.0712. The summed E-state index contributed by atoms with van der Waals surface area (Å²) in [6, 6.07) is 6.73. The largest absolute Gasteiger partial charge is 0.510 e. The number of aromatic hydroxyl groups is 1. The van der Waals surface area contributed by atoms with Crippen molar-refractivity contribution >= 4 is 33.2 Å². The number of aliphatic hydroxyl groups excluding tert-OH is 2. The van der Waals surface area contributed by atoms with Crippen molar-refractivity contribution < 1.29 is 43.2 Å². The monoisotopic (exact) mass is 664 g/mol. The van der Waals surface area contributed by atoms with E-state index < -0.39 is 73.8 Å². The smallest absolute Gasteiger partial charge is 0.255 e. The number of carbonyl (C=O) groups is 3. The Morgan fingerprint density at radius 1 is 1.11 bits per heavy atom. The molecule has 0 aliphatic heterocycles. The summed E-state index contributed by atoms with van der Waals surface area (Å²) >= 11 is 0. The van der Waals surface area contributed by atoms with E-state index in [-0.39, 0.29) is 41.0 Å². The number of Topliss-reactive ketones (excluding diaryl/α,β-unsaturated/α-hetero) is 2. The van der Waals surface area contributed by atoms with Gasteiger partial charge in [0, 0.05) is 31.3 Å². The summed E-state index contributed by atoms with van der Waals surface area (Å²) in [7, 11) is 2.71. The molecule has 0 aromatic heterocycles. The van der Waals surface area contributed by atoms with E-state index in [9.17, 15) is 43.2 Å². The van der Waals surface area contributed by atoms with Crippen molar-refractivity contribution in [2.45, 2.75) is 36.3 Å². The van der Waals surface area contributed by atoms with Gasteiger partial charge in [-0.3, -0.25) is 19.3 Å². The fourth-order valence-electron chi connectivity index (χ4n) is 6.86. The summed E-state index contributed by atoms with van der Waals surface area (Å²) in [5.41, 5.74) is 3.14. The number of amides is 1. The summed E-state index contributed by atoms with van der Waals surface area (Å²) in [5.74, 6) is -2.09. The Morgan fingerprint density at radius 3 is 2.32 bits per heavy atom. The van der Waals surface area contributed by atoms with Crippen molar-refractivity contribution in [1.82, 2.24) is 9.62 Å². The Balaban J connectivity index is 1.57. The number of nitrogens with zero attached hydrogens (tertiary/aromatic N) is 2. The maximum Gasteiger partial charge on any atom is 0.255 e. The van der Waals surface area contributed by atoms with E-state index in [0.29, 0.717) is 11.3 Å². The number of nitrogens with one attached hydrogen (secondary N) is 1. The van der Waals surface area contributed by atoms with Gasteiger partial charge in [-0.2, -0.15) is 4.72 Å². The molecule has 1 amide bonds. The lowest BCUT2D eigenvalue weighted by atomic mass is 9.58. The van der Waals surface area contributed by atoms with Crippen molar-refractivity contribution in [3.63, 3.8) is 0 Å². The number of aliphatic hydroxyl groups is 3. The maximum absolute atomic E-state index is 14.1. The number of sulfonamides is 1. The molecule has 4 unspecified atom stereocenters. The van der Waals surface area contributed by atoms with Crippen LogP contribution in [0.1, 0.15) is 33.5 Å². The summed E-state index contributed by atoms with van der Waals surface area (Å²) < 4.78 is 27.7. The Labute approximate surface area is 272 Å². The molecule has 248 valence electrons. The Kier molecular flexibility index (Phi) is 8.48. The average Bonchev–Trinajstić information content (AvgIpc) is 2.97. The van der Waals surface area contributed by atoms with Gasteiger partial charge in [-0.15, -0.1) is 0 Å². The minimum atomic E-state index is -3.86. The van der Waals surface area contributed by atoms with E-state index in [0.717, 1.165) is 5.56 Å². The van der Waals surface area contributed by atoms with Gasteiger partial charge in [0.05, 0.1) is 28.6 Å². The van der Waals surface area contributed by atoms with Crippen molar-refractivity contribution in [3.05, 3.63) is 75.3 Å². The number of carbonyl (C=O) groups excluding carboxylic acids is 3. The van der Waals surface area contributed by atoms with Crippen molar-refractivity contribution in [2.24, 2.45) is 17.6 Å². The Hall–Kier alpha value is -4.68. The predicted molar refractivity (Wildman–Crippen MR) is 171 cm³/mol. The fraction of sp³-hybridized carbons (Fsp3) is 0.364. The molecule has 3 aliphatic rings. The lowest BCUT2D eigenvalue weighted by Gasteiger charge is -2.50. The number of rotatable bonds is 6. The second-order valence-corrected chi connectivity index (χ2v) is 14.2. The fourth-order valence-corrected chi connectivity index (χ4v) is 7.79. The number of aryl methyl sites for hydroxylation is 1. The summed E-state index contributed by atoms with van der Waals surface area (Å²) in [6.45, 7) is 1.52. The van der Waals surface area contributed by atoms with Gasteiger partial charge < -0.3 is 31.1 Å². The highest BCUT2D eigenvalue weighted by atomic mass is 32.2. The van der Waals surface area contributed by atoms with Crippen LogP contribution in [0.15, 0.2) is 57.9 Å². The number of hydrogen-bond donors (Lipinski definition) is 6. The molecule has 4 atom stereocenters. The molecule has 2 aromatic rings. The van der Waals surface area contributed by atoms with Crippen LogP contribution in [0.3, 0.4) is 0 Å². The third kappa shape index (κ3) is 5.35. The number of benzene rings is 2. The minimum Gasteiger partial charge on any atom is -0.510 e. The highest BCUT2D eigenvalue weighted by Crippen LogP contribution is 2.53. The van der Waals surface area contributed by atoms with Crippen LogP contribution in [-0.2, 0) is 26.0 Å². The molecule has 14 heteroatoms. The Morgan fingerprint density at radius 2 is 1.74 bits per heavy atom. The quantitative estimate of drug-likeness (QED) is 0.188. The lowest BCUT2D eigenvalue weighted by Crippen LogP contribution is -2.63. The number of ketones is 2. The van der Waals surface area contributed by atoms with Crippen LogP contribution in [0.4, 0.5) is 5.69 Å². The lowest BCUT2D eigenvalue weighted by molar-refractivity contribution is -0.148. The van der Waals surface area contributed by atoms with Crippen LogP contribution in [0.5, 0.6) is 5.75 Å². The first-order valence-electron chi connectivity index (χ1n) is 14.7.